The Morgan fingerprint density at radius 3 is 2.50 bits per heavy atom. The van der Waals surface area contributed by atoms with E-state index in [9.17, 15) is 0 Å². The first-order valence-corrected chi connectivity index (χ1v) is 7.22. The Morgan fingerprint density at radius 2 is 1.95 bits per heavy atom. The summed E-state index contributed by atoms with van der Waals surface area (Å²) in [5.41, 5.74) is 0. The molecule has 1 aromatic heterocycles. The molecule has 1 fully saturated rings. The van der Waals surface area contributed by atoms with Gasteiger partial charge in [-0.3, -0.25) is 0 Å². The van der Waals surface area contributed by atoms with Crippen molar-refractivity contribution in [3.63, 3.8) is 0 Å². The molecule has 1 aromatic rings. The first kappa shape index (κ1) is 15.0. The van der Waals surface area contributed by atoms with Crippen molar-refractivity contribution in [2.45, 2.75) is 51.2 Å². The van der Waals surface area contributed by atoms with Gasteiger partial charge in [-0.25, -0.2) is 0 Å². The molecule has 0 radical (unpaired) electrons. The maximum absolute atomic E-state index is 5.40. The van der Waals surface area contributed by atoms with Gasteiger partial charge in [0.15, 0.2) is 0 Å². The van der Waals surface area contributed by atoms with Crippen LogP contribution < -0.4 is 10.2 Å². The van der Waals surface area contributed by atoms with Gasteiger partial charge in [-0.1, -0.05) is 13.8 Å². The molecule has 1 aliphatic carbocycles. The minimum atomic E-state index is 0.285. The largest absolute Gasteiger partial charge is 0.381 e. The third-order valence-electron chi connectivity index (χ3n) is 3.61. The summed E-state index contributed by atoms with van der Waals surface area (Å²) in [6.45, 7) is 4.18. The molecule has 2 unspecified atom stereocenters. The number of aromatic nitrogens is 3. The van der Waals surface area contributed by atoms with Crippen molar-refractivity contribution in [2.24, 2.45) is 0 Å². The normalized spacial score (nSPS) is 22.3. The maximum atomic E-state index is 5.40. The van der Waals surface area contributed by atoms with Crippen LogP contribution in [0.3, 0.4) is 0 Å². The first-order chi connectivity index (χ1) is 9.49. The van der Waals surface area contributed by atoms with Crippen LogP contribution in [0.15, 0.2) is 0 Å². The van der Waals surface area contributed by atoms with Gasteiger partial charge in [0, 0.05) is 33.2 Å². The number of nitrogens with one attached hydrogen (secondary N) is 1. The Kier molecular flexibility index (Phi) is 4.75. The number of nitrogens with zero attached hydrogens (tertiary/aromatic N) is 4. The average Bonchev–Trinajstić information content (AvgIpc) is 2.85. The summed E-state index contributed by atoms with van der Waals surface area (Å²) in [5.74, 6) is 2.49. The Hall–Kier alpha value is -1.43. The summed E-state index contributed by atoms with van der Waals surface area (Å²) in [7, 11) is 5.66. The van der Waals surface area contributed by atoms with E-state index in [2.05, 4.69) is 34.1 Å². The summed E-state index contributed by atoms with van der Waals surface area (Å²) in [4.78, 5) is 15.4. The van der Waals surface area contributed by atoms with E-state index in [0.29, 0.717) is 24.0 Å². The van der Waals surface area contributed by atoms with E-state index in [0.717, 1.165) is 25.1 Å². The fraction of sp³-hybridized carbons (Fsp3) is 0.786. The van der Waals surface area contributed by atoms with Crippen LogP contribution in [-0.2, 0) is 4.74 Å². The molecule has 0 aromatic carbocycles. The number of methoxy groups -OCH3 is 1. The molecular formula is C14H25N5O. The second kappa shape index (κ2) is 6.35. The lowest BCUT2D eigenvalue weighted by Gasteiger charge is -2.17. The molecular weight excluding hydrogens is 254 g/mol. The maximum Gasteiger partial charge on any atom is 0.229 e. The molecule has 1 saturated carbocycles. The van der Waals surface area contributed by atoms with Gasteiger partial charge in [0.05, 0.1) is 6.10 Å². The second-order valence-electron chi connectivity index (χ2n) is 5.88. The van der Waals surface area contributed by atoms with Crippen LogP contribution in [0.2, 0.25) is 0 Å². The molecule has 1 N–H and O–H groups in total. The van der Waals surface area contributed by atoms with Crippen molar-refractivity contribution >= 4 is 11.9 Å². The van der Waals surface area contributed by atoms with Crippen molar-refractivity contribution in [1.82, 2.24) is 15.0 Å². The molecule has 0 spiro atoms. The lowest BCUT2D eigenvalue weighted by atomic mass is 10.2. The van der Waals surface area contributed by atoms with Crippen LogP contribution in [-0.4, -0.2) is 48.3 Å². The molecule has 0 amide bonds. The Balaban J connectivity index is 2.14. The molecule has 1 heterocycles. The van der Waals surface area contributed by atoms with E-state index in [-0.39, 0.29) is 5.92 Å². The number of anilines is 2. The molecule has 0 aliphatic heterocycles. The third-order valence-corrected chi connectivity index (χ3v) is 3.61. The molecule has 2 atom stereocenters. The fourth-order valence-corrected chi connectivity index (χ4v) is 2.37. The van der Waals surface area contributed by atoms with Gasteiger partial charge in [0.25, 0.3) is 0 Å². The Labute approximate surface area is 121 Å². The minimum Gasteiger partial charge on any atom is -0.381 e. The first-order valence-electron chi connectivity index (χ1n) is 7.22. The second-order valence-corrected chi connectivity index (χ2v) is 5.88. The number of hydrogen-bond donors (Lipinski definition) is 1. The summed E-state index contributed by atoms with van der Waals surface area (Å²) in [6.07, 6.45) is 3.55. The molecule has 6 nitrogen and oxygen atoms in total. The lowest BCUT2D eigenvalue weighted by Crippen LogP contribution is -2.22. The van der Waals surface area contributed by atoms with Crippen LogP contribution in [0.5, 0.6) is 0 Å². The van der Waals surface area contributed by atoms with E-state index in [4.69, 9.17) is 4.74 Å². The van der Waals surface area contributed by atoms with Crippen molar-refractivity contribution < 1.29 is 4.74 Å². The molecule has 1 aliphatic rings. The van der Waals surface area contributed by atoms with Crippen molar-refractivity contribution in [3.8, 4) is 0 Å². The number of rotatable bonds is 5. The van der Waals surface area contributed by atoms with E-state index in [1.54, 1.807) is 7.11 Å². The summed E-state index contributed by atoms with van der Waals surface area (Å²) < 4.78 is 5.40. The smallest absolute Gasteiger partial charge is 0.229 e. The molecule has 0 bridgehead atoms. The predicted molar refractivity (Wildman–Crippen MR) is 80.3 cm³/mol. The van der Waals surface area contributed by atoms with Gasteiger partial charge in [0.2, 0.25) is 11.9 Å². The van der Waals surface area contributed by atoms with Crippen molar-refractivity contribution in [1.29, 1.82) is 0 Å². The van der Waals surface area contributed by atoms with Gasteiger partial charge in [-0.2, -0.15) is 15.0 Å². The highest BCUT2D eigenvalue weighted by molar-refractivity contribution is 5.37. The molecule has 20 heavy (non-hydrogen) atoms. The summed E-state index contributed by atoms with van der Waals surface area (Å²) in [5, 5.41) is 3.43. The van der Waals surface area contributed by atoms with Gasteiger partial charge in [-0.15, -0.1) is 0 Å². The van der Waals surface area contributed by atoms with E-state index < -0.39 is 0 Å². The lowest BCUT2D eigenvalue weighted by molar-refractivity contribution is 0.108. The average molecular weight is 279 g/mol. The van der Waals surface area contributed by atoms with Gasteiger partial charge in [-0.05, 0) is 19.3 Å². The molecule has 0 saturated heterocycles. The zero-order valence-electron chi connectivity index (χ0n) is 13.1. The predicted octanol–water partition coefficient (Wildman–Crippen LogP) is 2.04. The van der Waals surface area contributed by atoms with Crippen LogP contribution in [0.4, 0.5) is 11.9 Å². The topological polar surface area (TPSA) is 63.2 Å². The van der Waals surface area contributed by atoms with Gasteiger partial charge >= 0.3 is 0 Å². The quantitative estimate of drug-likeness (QED) is 0.890. The minimum absolute atomic E-state index is 0.285. The summed E-state index contributed by atoms with van der Waals surface area (Å²) >= 11 is 0. The van der Waals surface area contributed by atoms with Crippen molar-refractivity contribution in [2.75, 3.05) is 31.4 Å². The monoisotopic (exact) mass is 279 g/mol. The highest BCUT2D eigenvalue weighted by atomic mass is 16.5. The molecule has 112 valence electrons. The molecule has 6 heteroatoms. The number of hydrogen-bond acceptors (Lipinski definition) is 6. The van der Waals surface area contributed by atoms with E-state index in [1.165, 1.54) is 0 Å². The highest BCUT2D eigenvalue weighted by Gasteiger charge is 2.25. The van der Waals surface area contributed by atoms with Gasteiger partial charge < -0.3 is 15.0 Å². The SMILES string of the molecule is COC1CCC(Nc2nc(C(C)C)nc(N(C)C)n2)C1. The highest BCUT2D eigenvalue weighted by Crippen LogP contribution is 2.24. The van der Waals surface area contributed by atoms with Crippen LogP contribution in [0, 0.1) is 0 Å². The summed E-state index contributed by atoms with van der Waals surface area (Å²) in [6, 6.07) is 0.386. The van der Waals surface area contributed by atoms with Gasteiger partial charge in [0.1, 0.15) is 5.82 Å². The third kappa shape index (κ3) is 3.56. The van der Waals surface area contributed by atoms with E-state index in [1.807, 2.05) is 19.0 Å². The zero-order valence-corrected chi connectivity index (χ0v) is 13.1. The van der Waals surface area contributed by atoms with E-state index >= 15 is 0 Å². The molecule has 2 rings (SSSR count). The number of ether oxygens (including phenoxy) is 1. The van der Waals surface area contributed by atoms with Crippen LogP contribution in [0.25, 0.3) is 0 Å². The van der Waals surface area contributed by atoms with Crippen LogP contribution in [0.1, 0.15) is 44.9 Å². The standard InChI is InChI=1S/C14H25N5O/c1-9(2)12-16-13(18-14(17-12)19(3)4)15-10-6-7-11(8-10)20-5/h9-11H,6-8H2,1-5H3,(H,15,16,17,18). The zero-order chi connectivity index (χ0) is 14.7. The Morgan fingerprint density at radius 1 is 1.20 bits per heavy atom. The van der Waals surface area contributed by atoms with Crippen LogP contribution >= 0.6 is 0 Å². The van der Waals surface area contributed by atoms with Crippen molar-refractivity contribution in [3.05, 3.63) is 5.82 Å². The Bertz CT molecular complexity index is 423. The fourth-order valence-electron chi connectivity index (χ4n) is 2.37.